The van der Waals surface area contributed by atoms with E-state index < -0.39 is 22.4 Å². The lowest BCUT2D eigenvalue weighted by Crippen LogP contribution is -2.58. The molecule has 0 spiro atoms. The van der Waals surface area contributed by atoms with Crippen LogP contribution in [0.3, 0.4) is 0 Å². The molecule has 0 amide bonds. The standard InChI is InChI=1S/C19H30N6O3S/c1-11(2)12(3)18-14(8-20)13(4)16-9-21-19(23-25(16)18)22-15-6-7-24(10-17(15)26)29(5,27)28/h9,11-12,15,17,19,22-23,26H,6-7,10H2,1-5H3/t12?,15-,17-,19?/m0/s1. The van der Waals surface area contributed by atoms with Crippen molar-refractivity contribution < 1.29 is 13.5 Å². The van der Waals surface area contributed by atoms with Crippen molar-refractivity contribution >= 4 is 16.2 Å². The first-order valence-electron chi connectivity index (χ1n) is 9.88. The summed E-state index contributed by atoms with van der Waals surface area (Å²) in [7, 11) is -3.32. The third-order valence-corrected chi connectivity index (χ3v) is 7.29. The largest absolute Gasteiger partial charge is 0.390 e. The highest BCUT2D eigenvalue weighted by atomic mass is 32.2. The van der Waals surface area contributed by atoms with Gasteiger partial charge in [-0.15, -0.1) is 0 Å². The molecule has 9 nitrogen and oxygen atoms in total. The van der Waals surface area contributed by atoms with Gasteiger partial charge in [0.05, 0.1) is 35.5 Å². The molecule has 0 bridgehead atoms. The molecule has 0 aromatic carbocycles. The summed E-state index contributed by atoms with van der Waals surface area (Å²) < 4.78 is 26.7. The third kappa shape index (κ3) is 4.19. The zero-order valence-electron chi connectivity index (χ0n) is 17.5. The zero-order valence-corrected chi connectivity index (χ0v) is 18.4. The Bertz CT molecular complexity index is 946. The van der Waals surface area contributed by atoms with Crippen molar-refractivity contribution in [2.24, 2.45) is 10.9 Å². The molecule has 0 radical (unpaired) electrons. The first-order valence-corrected chi connectivity index (χ1v) is 11.7. The fourth-order valence-corrected chi connectivity index (χ4v) is 4.75. The third-order valence-electron chi connectivity index (χ3n) is 6.02. The predicted molar refractivity (Wildman–Crippen MR) is 112 cm³/mol. The number of nitrogens with one attached hydrogen (secondary N) is 2. The summed E-state index contributed by atoms with van der Waals surface area (Å²) in [6.45, 7) is 8.70. The van der Waals surface area contributed by atoms with Gasteiger partial charge in [-0.2, -0.15) is 9.57 Å². The Labute approximate surface area is 172 Å². The topological polar surface area (TPSA) is 123 Å². The molecule has 3 N–H and O–H groups in total. The molecule has 2 aliphatic rings. The van der Waals surface area contributed by atoms with Crippen molar-refractivity contribution in [3.05, 3.63) is 22.5 Å². The first-order chi connectivity index (χ1) is 13.5. The van der Waals surface area contributed by atoms with Gasteiger partial charge in [0, 0.05) is 25.0 Å². The SMILES string of the molecule is Cc1c(C#N)c(C(C)C(C)C)n2c1C=NC(N[C@H]1CCN(S(C)(=O)=O)C[C@@H]1O)N2. The lowest BCUT2D eigenvalue weighted by molar-refractivity contribution is 0.0681. The maximum atomic E-state index is 11.7. The van der Waals surface area contributed by atoms with Gasteiger partial charge < -0.3 is 5.11 Å². The molecule has 29 heavy (non-hydrogen) atoms. The van der Waals surface area contributed by atoms with E-state index >= 15 is 0 Å². The number of sulfonamides is 1. The summed E-state index contributed by atoms with van der Waals surface area (Å²) in [5.74, 6) is 0.523. The number of hydrogen-bond donors (Lipinski definition) is 3. The Hall–Kier alpha value is -1.93. The highest BCUT2D eigenvalue weighted by Gasteiger charge is 2.34. The van der Waals surface area contributed by atoms with Crippen LogP contribution in [0.2, 0.25) is 0 Å². The van der Waals surface area contributed by atoms with E-state index in [0.29, 0.717) is 24.4 Å². The highest BCUT2D eigenvalue weighted by molar-refractivity contribution is 7.88. The number of hydrogen-bond acceptors (Lipinski definition) is 7. The van der Waals surface area contributed by atoms with Gasteiger partial charge in [-0.3, -0.25) is 20.4 Å². The summed E-state index contributed by atoms with van der Waals surface area (Å²) in [5.41, 5.74) is 6.67. The number of β-amino-alcohol motifs (C(OH)–C–C–N with tert-alkyl or cyclic N) is 1. The van der Waals surface area contributed by atoms with Gasteiger partial charge in [-0.25, -0.2) is 8.42 Å². The van der Waals surface area contributed by atoms with E-state index in [2.05, 4.69) is 42.6 Å². The quantitative estimate of drug-likeness (QED) is 0.641. The second-order valence-electron chi connectivity index (χ2n) is 8.31. The van der Waals surface area contributed by atoms with Gasteiger partial charge in [-0.05, 0) is 24.8 Å². The van der Waals surface area contributed by atoms with Gasteiger partial charge in [-0.1, -0.05) is 20.8 Å². The van der Waals surface area contributed by atoms with Crippen molar-refractivity contribution in [1.82, 2.24) is 14.3 Å². The lowest BCUT2D eigenvalue weighted by Gasteiger charge is -2.37. The minimum absolute atomic E-state index is 0.0645. The minimum Gasteiger partial charge on any atom is -0.390 e. The van der Waals surface area contributed by atoms with E-state index in [0.717, 1.165) is 23.2 Å². The van der Waals surface area contributed by atoms with Crippen LogP contribution in [-0.4, -0.2) is 66.5 Å². The van der Waals surface area contributed by atoms with E-state index in [1.54, 1.807) is 6.21 Å². The summed E-state index contributed by atoms with van der Waals surface area (Å²) in [6, 6.07) is 2.04. The second kappa shape index (κ2) is 8.07. The molecule has 0 aliphatic carbocycles. The van der Waals surface area contributed by atoms with Gasteiger partial charge in [0.15, 0.2) is 6.29 Å². The lowest BCUT2D eigenvalue weighted by atomic mass is 9.92. The van der Waals surface area contributed by atoms with Gasteiger partial charge >= 0.3 is 0 Å². The van der Waals surface area contributed by atoms with Crippen LogP contribution < -0.4 is 10.7 Å². The van der Waals surface area contributed by atoms with Crippen LogP contribution in [-0.2, 0) is 10.0 Å². The molecule has 4 atom stereocenters. The van der Waals surface area contributed by atoms with Crippen molar-refractivity contribution in [3.8, 4) is 6.07 Å². The molecule has 160 valence electrons. The molecular weight excluding hydrogens is 392 g/mol. The average molecular weight is 423 g/mol. The number of rotatable bonds is 5. The van der Waals surface area contributed by atoms with E-state index in [4.69, 9.17) is 0 Å². The minimum atomic E-state index is -3.32. The van der Waals surface area contributed by atoms with E-state index in [1.807, 2.05) is 11.6 Å². The molecule has 3 rings (SSSR count). The van der Waals surface area contributed by atoms with Crippen molar-refractivity contribution in [2.45, 2.75) is 58.5 Å². The van der Waals surface area contributed by atoms with Crippen LogP contribution in [0, 0.1) is 24.2 Å². The number of aliphatic hydroxyl groups is 1. The molecule has 1 aromatic rings. The van der Waals surface area contributed by atoms with Crippen LogP contribution in [0.15, 0.2) is 4.99 Å². The van der Waals surface area contributed by atoms with E-state index in [-0.39, 0.29) is 18.5 Å². The number of fused-ring (bicyclic) bond motifs is 1. The number of nitrogens with zero attached hydrogens (tertiary/aromatic N) is 4. The Kier molecular flexibility index (Phi) is 6.06. The van der Waals surface area contributed by atoms with Crippen LogP contribution in [0.5, 0.6) is 0 Å². The molecule has 2 aliphatic heterocycles. The van der Waals surface area contributed by atoms with Crippen LogP contribution in [0.25, 0.3) is 0 Å². The van der Waals surface area contributed by atoms with Gasteiger partial charge in [0.25, 0.3) is 0 Å². The van der Waals surface area contributed by atoms with Crippen molar-refractivity contribution in [1.29, 1.82) is 5.26 Å². The number of aliphatic imine (C=N–C) groups is 1. The predicted octanol–water partition coefficient (Wildman–Crippen LogP) is 0.672. The monoisotopic (exact) mass is 422 g/mol. The second-order valence-corrected chi connectivity index (χ2v) is 10.3. The number of nitriles is 1. The first kappa shape index (κ1) is 21.8. The maximum Gasteiger partial charge on any atom is 0.211 e. The molecule has 1 saturated heterocycles. The summed E-state index contributed by atoms with van der Waals surface area (Å²) in [6.07, 6.45) is 2.08. The summed E-state index contributed by atoms with van der Waals surface area (Å²) in [4.78, 5) is 4.50. The number of piperidine rings is 1. The molecular formula is C19H30N6O3S. The van der Waals surface area contributed by atoms with Gasteiger partial charge in [0.1, 0.15) is 6.07 Å². The number of aliphatic hydroxyl groups excluding tert-OH is 1. The fourth-order valence-electron chi connectivity index (χ4n) is 3.89. The van der Waals surface area contributed by atoms with E-state index in [9.17, 15) is 18.8 Å². The molecule has 3 heterocycles. The van der Waals surface area contributed by atoms with Gasteiger partial charge in [0.2, 0.25) is 10.0 Å². The molecule has 1 fully saturated rings. The average Bonchev–Trinajstić information content (AvgIpc) is 2.93. The maximum absolute atomic E-state index is 11.7. The van der Waals surface area contributed by atoms with Crippen LogP contribution >= 0.6 is 0 Å². The molecule has 10 heteroatoms. The van der Waals surface area contributed by atoms with Crippen molar-refractivity contribution in [2.75, 3.05) is 24.8 Å². The summed E-state index contributed by atoms with van der Waals surface area (Å²) >= 11 is 0. The number of aromatic nitrogens is 1. The normalized spacial score (nSPS) is 26.1. The Balaban J connectivity index is 1.79. The smallest absolute Gasteiger partial charge is 0.211 e. The van der Waals surface area contributed by atoms with Crippen LogP contribution in [0.1, 0.15) is 55.6 Å². The molecule has 1 aromatic heterocycles. The highest BCUT2D eigenvalue weighted by Crippen LogP contribution is 2.32. The summed E-state index contributed by atoms with van der Waals surface area (Å²) in [5, 5.41) is 23.4. The Morgan fingerprint density at radius 3 is 2.66 bits per heavy atom. The molecule has 2 unspecified atom stereocenters. The van der Waals surface area contributed by atoms with Crippen molar-refractivity contribution in [3.63, 3.8) is 0 Å². The van der Waals surface area contributed by atoms with Crippen LogP contribution in [0.4, 0.5) is 0 Å². The Morgan fingerprint density at radius 2 is 2.10 bits per heavy atom. The molecule has 0 saturated carbocycles. The Morgan fingerprint density at radius 1 is 1.41 bits per heavy atom. The van der Waals surface area contributed by atoms with E-state index in [1.165, 1.54) is 4.31 Å². The zero-order chi connectivity index (χ0) is 21.5. The fraction of sp³-hybridized carbons (Fsp3) is 0.684.